The summed E-state index contributed by atoms with van der Waals surface area (Å²) in [6.07, 6.45) is 8.67. The first-order chi connectivity index (χ1) is 7.24. The van der Waals surface area contributed by atoms with E-state index in [4.69, 9.17) is 10.5 Å². The van der Waals surface area contributed by atoms with Crippen LogP contribution in [-0.2, 0) is 4.74 Å². The van der Waals surface area contributed by atoms with Crippen LogP contribution in [0.2, 0.25) is 0 Å². The third-order valence-electron chi connectivity index (χ3n) is 2.86. The van der Waals surface area contributed by atoms with Gasteiger partial charge in [0.1, 0.15) is 6.23 Å². The van der Waals surface area contributed by atoms with Crippen molar-refractivity contribution in [1.29, 1.82) is 0 Å². The minimum Gasteiger partial charge on any atom is -0.363 e. The SMILES string of the molecule is CCCCCC(CCC)COC(N)CC. The van der Waals surface area contributed by atoms with Crippen LogP contribution in [0.15, 0.2) is 0 Å². The summed E-state index contributed by atoms with van der Waals surface area (Å²) in [5.41, 5.74) is 5.75. The fraction of sp³-hybridized carbons (Fsp3) is 1.00. The second-order valence-electron chi connectivity index (χ2n) is 4.43. The molecule has 0 aliphatic heterocycles. The van der Waals surface area contributed by atoms with Crippen LogP contribution in [0.25, 0.3) is 0 Å². The molecule has 0 aromatic rings. The third-order valence-corrected chi connectivity index (χ3v) is 2.86. The van der Waals surface area contributed by atoms with Gasteiger partial charge in [-0.1, -0.05) is 46.5 Å². The van der Waals surface area contributed by atoms with Gasteiger partial charge in [-0.3, -0.25) is 0 Å². The van der Waals surface area contributed by atoms with Crippen LogP contribution in [0.3, 0.4) is 0 Å². The third kappa shape index (κ3) is 8.88. The van der Waals surface area contributed by atoms with Gasteiger partial charge in [0.25, 0.3) is 0 Å². The van der Waals surface area contributed by atoms with E-state index in [1.807, 2.05) is 0 Å². The first kappa shape index (κ1) is 14.9. The predicted octanol–water partition coefficient (Wildman–Crippen LogP) is 3.69. The minimum atomic E-state index is -0.0597. The monoisotopic (exact) mass is 215 g/mol. The standard InChI is InChI=1S/C13H29NO/c1-4-7-8-10-12(9-5-2)11-15-13(14)6-3/h12-13H,4-11,14H2,1-3H3. The van der Waals surface area contributed by atoms with Gasteiger partial charge in [-0.2, -0.15) is 0 Å². The molecule has 0 aromatic carbocycles. The summed E-state index contributed by atoms with van der Waals surface area (Å²) >= 11 is 0. The Bertz CT molecular complexity index is 128. The van der Waals surface area contributed by atoms with Crippen molar-refractivity contribution >= 4 is 0 Å². The fourth-order valence-electron chi connectivity index (χ4n) is 1.78. The molecule has 0 aromatic heterocycles. The highest BCUT2D eigenvalue weighted by Gasteiger charge is 2.09. The summed E-state index contributed by atoms with van der Waals surface area (Å²) < 4.78 is 5.61. The largest absolute Gasteiger partial charge is 0.363 e. The molecule has 15 heavy (non-hydrogen) atoms. The molecule has 0 heterocycles. The molecule has 0 spiro atoms. The summed E-state index contributed by atoms with van der Waals surface area (Å²) in [5.74, 6) is 0.721. The Labute approximate surface area is 95.6 Å². The van der Waals surface area contributed by atoms with Gasteiger partial charge in [0, 0.05) is 0 Å². The maximum atomic E-state index is 5.75. The summed E-state index contributed by atoms with van der Waals surface area (Å²) in [4.78, 5) is 0. The normalized spacial score (nSPS) is 15.2. The molecule has 2 nitrogen and oxygen atoms in total. The number of hydrogen-bond donors (Lipinski definition) is 1. The Balaban J connectivity index is 3.62. The molecule has 0 aliphatic rings. The molecule has 0 radical (unpaired) electrons. The molecule has 2 unspecified atom stereocenters. The highest BCUT2D eigenvalue weighted by atomic mass is 16.5. The Morgan fingerprint density at radius 1 is 1.00 bits per heavy atom. The van der Waals surface area contributed by atoms with Crippen LogP contribution in [0.1, 0.15) is 65.7 Å². The first-order valence-corrected chi connectivity index (χ1v) is 6.61. The molecular formula is C13H29NO. The average Bonchev–Trinajstić information content (AvgIpc) is 2.25. The highest BCUT2D eigenvalue weighted by Crippen LogP contribution is 2.16. The lowest BCUT2D eigenvalue weighted by Gasteiger charge is -2.18. The van der Waals surface area contributed by atoms with Gasteiger partial charge < -0.3 is 10.5 Å². The van der Waals surface area contributed by atoms with Crippen molar-refractivity contribution in [3.63, 3.8) is 0 Å². The van der Waals surface area contributed by atoms with E-state index in [1.54, 1.807) is 0 Å². The number of unbranched alkanes of at least 4 members (excludes halogenated alkanes) is 2. The van der Waals surface area contributed by atoms with Crippen molar-refractivity contribution in [1.82, 2.24) is 0 Å². The highest BCUT2D eigenvalue weighted by molar-refractivity contribution is 4.59. The summed E-state index contributed by atoms with van der Waals surface area (Å²) in [7, 11) is 0. The Hall–Kier alpha value is -0.0800. The smallest absolute Gasteiger partial charge is 0.105 e. The fourth-order valence-corrected chi connectivity index (χ4v) is 1.78. The number of hydrogen-bond acceptors (Lipinski definition) is 2. The van der Waals surface area contributed by atoms with Gasteiger partial charge in [0.05, 0.1) is 6.61 Å². The first-order valence-electron chi connectivity index (χ1n) is 6.61. The number of ether oxygens (including phenoxy) is 1. The zero-order valence-electron chi connectivity index (χ0n) is 10.8. The molecule has 0 aliphatic carbocycles. The van der Waals surface area contributed by atoms with E-state index in [-0.39, 0.29) is 6.23 Å². The summed E-state index contributed by atoms with van der Waals surface area (Å²) in [6, 6.07) is 0. The average molecular weight is 215 g/mol. The molecule has 2 atom stereocenters. The van der Waals surface area contributed by atoms with Crippen LogP contribution in [0.4, 0.5) is 0 Å². The van der Waals surface area contributed by atoms with E-state index in [1.165, 1.54) is 38.5 Å². The van der Waals surface area contributed by atoms with E-state index in [9.17, 15) is 0 Å². The van der Waals surface area contributed by atoms with Crippen molar-refractivity contribution in [2.45, 2.75) is 71.9 Å². The van der Waals surface area contributed by atoms with E-state index >= 15 is 0 Å². The van der Waals surface area contributed by atoms with E-state index in [0.29, 0.717) is 0 Å². The molecule has 0 saturated heterocycles. The van der Waals surface area contributed by atoms with Crippen LogP contribution in [0.5, 0.6) is 0 Å². The number of nitrogens with two attached hydrogens (primary N) is 1. The molecule has 92 valence electrons. The van der Waals surface area contributed by atoms with Gasteiger partial charge >= 0.3 is 0 Å². The van der Waals surface area contributed by atoms with E-state index in [0.717, 1.165) is 18.9 Å². The molecule has 0 fully saturated rings. The maximum Gasteiger partial charge on any atom is 0.105 e. The Kier molecular flexibility index (Phi) is 10.4. The van der Waals surface area contributed by atoms with Crippen LogP contribution >= 0.6 is 0 Å². The van der Waals surface area contributed by atoms with Crippen molar-refractivity contribution in [2.24, 2.45) is 11.7 Å². The van der Waals surface area contributed by atoms with E-state index in [2.05, 4.69) is 20.8 Å². The van der Waals surface area contributed by atoms with Crippen molar-refractivity contribution in [2.75, 3.05) is 6.61 Å². The Morgan fingerprint density at radius 2 is 1.73 bits per heavy atom. The minimum absolute atomic E-state index is 0.0597. The van der Waals surface area contributed by atoms with Gasteiger partial charge in [0.2, 0.25) is 0 Å². The molecule has 0 amide bonds. The van der Waals surface area contributed by atoms with Crippen LogP contribution in [-0.4, -0.2) is 12.8 Å². The molecule has 0 bridgehead atoms. The lowest BCUT2D eigenvalue weighted by Crippen LogP contribution is -2.25. The zero-order valence-corrected chi connectivity index (χ0v) is 10.8. The quantitative estimate of drug-likeness (QED) is 0.445. The maximum absolute atomic E-state index is 5.75. The predicted molar refractivity (Wildman–Crippen MR) is 66.8 cm³/mol. The molecule has 0 rings (SSSR count). The number of rotatable bonds is 10. The topological polar surface area (TPSA) is 35.2 Å². The van der Waals surface area contributed by atoms with Gasteiger partial charge in [-0.05, 0) is 25.2 Å². The lowest BCUT2D eigenvalue weighted by molar-refractivity contribution is 0.0262. The summed E-state index contributed by atoms with van der Waals surface area (Å²) in [5, 5.41) is 0. The molecule has 2 heteroatoms. The van der Waals surface area contributed by atoms with Crippen molar-refractivity contribution < 1.29 is 4.74 Å². The van der Waals surface area contributed by atoms with Crippen molar-refractivity contribution in [3.8, 4) is 0 Å². The lowest BCUT2D eigenvalue weighted by atomic mass is 9.97. The van der Waals surface area contributed by atoms with Crippen LogP contribution < -0.4 is 5.73 Å². The molecule has 2 N–H and O–H groups in total. The van der Waals surface area contributed by atoms with E-state index < -0.39 is 0 Å². The van der Waals surface area contributed by atoms with Crippen LogP contribution in [0, 0.1) is 5.92 Å². The zero-order chi connectivity index (χ0) is 11.5. The second-order valence-corrected chi connectivity index (χ2v) is 4.43. The van der Waals surface area contributed by atoms with Gasteiger partial charge in [0.15, 0.2) is 0 Å². The second kappa shape index (κ2) is 10.4. The van der Waals surface area contributed by atoms with Gasteiger partial charge in [-0.25, -0.2) is 0 Å². The van der Waals surface area contributed by atoms with Gasteiger partial charge in [-0.15, -0.1) is 0 Å². The molecular weight excluding hydrogens is 186 g/mol. The summed E-state index contributed by atoms with van der Waals surface area (Å²) in [6.45, 7) is 7.41. The van der Waals surface area contributed by atoms with Crippen molar-refractivity contribution in [3.05, 3.63) is 0 Å². The molecule has 0 saturated carbocycles. The Morgan fingerprint density at radius 3 is 2.27 bits per heavy atom.